The van der Waals surface area contributed by atoms with Gasteiger partial charge in [0.15, 0.2) is 0 Å². The van der Waals surface area contributed by atoms with Crippen LogP contribution in [0.1, 0.15) is 42.1 Å². The van der Waals surface area contributed by atoms with Gasteiger partial charge in [-0.2, -0.15) is 0 Å². The Bertz CT molecular complexity index is 1240. The first kappa shape index (κ1) is 19.7. The summed E-state index contributed by atoms with van der Waals surface area (Å²) >= 11 is 0. The van der Waals surface area contributed by atoms with E-state index in [1.165, 1.54) is 5.52 Å². The van der Waals surface area contributed by atoms with Crippen LogP contribution in [0, 0.1) is 0 Å². The number of nitrogens with zero attached hydrogens (tertiary/aromatic N) is 4. The summed E-state index contributed by atoms with van der Waals surface area (Å²) in [6.45, 7) is 3.68. The second-order valence-corrected chi connectivity index (χ2v) is 8.61. The predicted octanol–water partition coefficient (Wildman–Crippen LogP) is 4.62. The van der Waals surface area contributed by atoms with Gasteiger partial charge in [0.2, 0.25) is 0 Å². The van der Waals surface area contributed by atoms with E-state index in [0.717, 1.165) is 60.3 Å². The number of carbonyl (C=O) groups excluding carboxylic acids is 1. The zero-order valence-electron chi connectivity index (χ0n) is 18.4. The van der Waals surface area contributed by atoms with Gasteiger partial charge in [-0.15, -0.1) is 0 Å². The van der Waals surface area contributed by atoms with E-state index in [1.54, 1.807) is 0 Å². The lowest BCUT2D eigenvalue weighted by atomic mass is 10.0. The molecule has 1 aliphatic rings. The molecule has 0 bridgehead atoms. The molecule has 1 fully saturated rings. The minimum Gasteiger partial charge on any atom is -0.378 e. The number of H-pyrrole nitrogens is 1. The van der Waals surface area contributed by atoms with E-state index in [9.17, 15) is 4.79 Å². The van der Waals surface area contributed by atoms with E-state index in [1.807, 2.05) is 31.1 Å². The van der Waals surface area contributed by atoms with Crippen LogP contribution in [0.2, 0.25) is 0 Å². The molecule has 6 heteroatoms. The first-order chi connectivity index (χ1) is 15.0. The first-order valence-electron chi connectivity index (χ1n) is 11.1. The van der Waals surface area contributed by atoms with Gasteiger partial charge in [0.05, 0.1) is 11.0 Å². The first-order valence-corrected chi connectivity index (χ1v) is 11.1. The van der Waals surface area contributed by atoms with Crippen molar-refractivity contribution in [1.82, 2.24) is 19.4 Å². The Morgan fingerprint density at radius 3 is 2.65 bits per heavy atom. The Balaban J connectivity index is 1.34. The number of imidazole rings is 1. The summed E-state index contributed by atoms with van der Waals surface area (Å²) in [6, 6.07) is 17.0. The molecule has 0 saturated carbocycles. The summed E-state index contributed by atoms with van der Waals surface area (Å²) < 4.78 is 2.41. The third-order valence-electron chi connectivity index (χ3n) is 6.45. The number of rotatable bonds is 4. The number of aromatic nitrogens is 3. The van der Waals surface area contributed by atoms with Crippen molar-refractivity contribution in [3.63, 3.8) is 0 Å². The number of hydrogen-bond acceptors (Lipinski definition) is 3. The molecule has 0 unspecified atom stereocenters. The standard InChI is InChI=1S/C25H29N5O/c1-4-24-27-20-7-5-6-8-23(20)30(24)18-11-13-29(14-12-18)25(31)22-15-17-9-10-19(28(2)3)16-21(17)26-22/h5-10,15-16,18,26H,4,11-14H2,1-3H3. The van der Waals surface area contributed by atoms with Gasteiger partial charge in [-0.25, -0.2) is 4.98 Å². The van der Waals surface area contributed by atoms with Crippen molar-refractivity contribution in [1.29, 1.82) is 0 Å². The van der Waals surface area contributed by atoms with Gasteiger partial charge in [-0.1, -0.05) is 25.1 Å². The molecule has 0 spiro atoms. The molecule has 5 rings (SSSR count). The summed E-state index contributed by atoms with van der Waals surface area (Å²) in [7, 11) is 4.04. The van der Waals surface area contributed by atoms with Gasteiger partial charge in [-0.05, 0) is 43.2 Å². The molecule has 1 N–H and O–H groups in total. The van der Waals surface area contributed by atoms with Crippen LogP contribution < -0.4 is 4.90 Å². The Kier molecular flexibility index (Phi) is 4.93. The molecule has 3 heterocycles. The highest BCUT2D eigenvalue weighted by Gasteiger charge is 2.27. The van der Waals surface area contributed by atoms with Crippen molar-refractivity contribution in [2.24, 2.45) is 0 Å². The second kappa shape index (κ2) is 7.76. The number of carbonyl (C=O) groups is 1. The number of anilines is 1. The van der Waals surface area contributed by atoms with Crippen LogP contribution in [0.15, 0.2) is 48.5 Å². The van der Waals surface area contributed by atoms with E-state index in [-0.39, 0.29) is 5.91 Å². The fraction of sp³-hybridized carbons (Fsp3) is 0.360. The molecule has 1 saturated heterocycles. The number of fused-ring (bicyclic) bond motifs is 2. The molecule has 2 aromatic heterocycles. The van der Waals surface area contributed by atoms with Crippen LogP contribution >= 0.6 is 0 Å². The van der Waals surface area contributed by atoms with Gasteiger partial charge in [0, 0.05) is 56.2 Å². The molecule has 0 aliphatic carbocycles. The molecular formula is C25H29N5O. The third kappa shape index (κ3) is 3.46. The minimum atomic E-state index is 0.0901. The lowest BCUT2D eigenvalue weighted by Gasteiger charge is -2.33. The van der Waals surface area contributed by atoms with Gasteiger partial charge in [0.25, 0.3) is 5.91 Å². The SMILES string of the molecule is CCc1nc2ccccc2n1C1CCN(C(=O)c2cc3ccc(N(C)C)cc3[nH]2)CC1. The molecule has 0 atom stereocenters. The molecule has 31 heavy (non-hydrogen) atoms. The number of para-hydroxylation sites is 2. The van der Waals surface area contributed by atoms with E-state index < -0.39 is 0 Å². The number of aryl methyl sites for hydroxylation is 1. The average Bonchev–Trinajstić information content (AvgIpc) is 3.39. The van der Waals surface area contributed by atoms with Crippen molar-refractivity contribution in [2.75, 3.05) is 32.1 Å². The van der Waals surface area contributed by atoms with Crippen molar-refractivity contribution in [3.8, 4) is 0 Å². The number of benzene rings is 2. The number of likely N-dealkylation sites (tertiary alicyclic amines) is 1. The van der Waals surface area contributed by atoms with Gasteiger partial charge in [-0.3, -0.25) is 4.79 Å². The van der Waals surface area contributed by atoms with Crippen molar-refractivity contribution < 1.29 is 4.79 Å². The quantitative estimate of drug-likeness (QED) is 0.529. The van der Waals surface area contributed by atoms with Crippen molar-refractivity contribution in [3.05, 3.63) is 60.0 Å². The van der Waals surface area contributed by atoms with Crippen molar-refractivity contribution >= 4 is 33.5 Å². The highest BCUT2D eigenvalue weighted by molar-refractivity contribution is 5.98. The van der Waals surface area contributed by atoms with Crippen LogP contribution in [0.25, 0.3) is 21.9 Å². The van der Waals surface area contributed by atoms with Crippen LogP contribution in [0.3, 0.4) is 0 Å². The largest absolute Gasteiger partial charge is 0.378 e. The summed E-state index contributed by atoms with van der Waals surface area (Å²) in [5, 5.41) is 1.07. The summed E-state index contributed by atoms with van der Waals surface area (Å²) in [4.78, 5) is 25.4. The number of nitrogens with one attached hydrogen (secondary N) is 1. The maximum Gasteiger partial charge on any atom is 0.270 e. The van der Waals surface area contributed by atoms with E-state index in [0.29, 0.717) is 11.7 Å². The summed E-state index contributed by atoms with van der Waals surface area (Å²) in [6.07, 6.45) is 2.81. The van der Waals surface area contributed by atoms with Crippen LogP contribution in [0.4, 0.5) is 5.69 Å². The van der Waals surface area contributed by atoms with E-state index in [2.05, 4.69) is 57.8 Å². The maximum absolute atomic E-state index is 13.2. The Hall–Kier alpha value is -3.28. The topological polar surface area (TPSA) is 57.2 Å². The molecule has 0 radical (unpaired) electrons. The molecular weight excluding hydrogens is 386 g/mol. The molecule has 2 aromatic carbocycles. The average molecular weight is 416 g/mol. The van der Waals surface area contributed by atoms with Crippen LogP contribution in [0.5, 0.6) is 0 Å². The van der Waals surface area contributed by atoms with Gasteiger partial charge >= 0.3 is 0 Å². The van der Waals surface area contributed by atoms with Gasteiger partial charge in [0.1, 0.15) is 11.5 Å². The van der Waals surface area contributed by atoms with E-state index in [4.69, 9.17) is 4.98 Å². The molecule has 4 aromatic rings. The molecule has 6 nitrogen and oxygen atoms in total. The fourth-order valence-electron chi connectivity index (χ4n) is 4.76. The maximum atomic E-state index is 13.2. The van der Waals surface area contributed by atoms with Crippen molar-refractivity contribution in [2.45, 2.75) is 32.2 Å². The Morgan fingerprint density at radius 2 is 1.90 bits per heavy atom. The highest BCUT2D eigenvalue weighted by atomic mass is 16.2. The molecule has 1 amide bonds. The Morgan fingerprint density at radius 1 is 1.13 bits per heavy atom. The molecule has 1 aliphatic heterocycles. The van der Waals surface area contributed by atoms with Crippen LogP contribution in [-0.2, 0) is 6.42 Å². The Labute approximate surface area is 182 Å². The number of aromatic amines is 1. The second-order valence-electron chi connectivity index (χ2n) is 8.61. The lowest BCUT2D eigenvalue weighted by Crippen LogP contribution is -2.39. The third-order valence-corrected chi connectivity index (χ3v) is 6.45. The monoisotopic (exact) mass is 415 g/mol. The smallest absolute Gasteiger partial charge is 0.270 e. The summed E-state index contributed by atoms with van der Waals surface area (Å²) in [5.41, 5.74) is 5.06. The lowest BCUT2D eigenvalue weighted by molar-refractivity contribution is 0.0690. The zero-order chi connectivity index (χ0) is 21.5. The molecule has 160 valence electrons. The number of piperidine rings is 1. The van der Waals surface area contributed by atoms with Crippen LogP contribution in [-0.4, -0.2) is 52.5 Å². The zero-order valence-corrected chi connectivity index (χ0v) is 18.4. The predicted molar refractivity (Wildman–Crippen MR) is 126 cm³/mol. The minimum absolute atomic E-state index is 0.0901. The fourth-order valence-corrected chi connectivity index (χ4v) is 4.76. The number of hydrogen-bond donors (Lipinski definition) is 1. The normalized spacial score (nSPS) is 15.1. The number of amides is 1. The summed E-state index contributed by atoms with van der Waals surface area (Å²) in [5.74, 6) is 1.23. The van der Waals surface area contributed by atoms with Gasteiger partial charge < -0.3 is 19.4 Å². The van der Waals surface area contributed by atoms with E-state index >= 15 is 0 Å². The highest BCUT2D eigenvalue weighted by Crippen LogP contribution is 2.30.